The van der Waals surface area contributed by atoms with Gasteiger partial charge < -0.3 is 15.4 Å². The van der Waals surface area contributed by atoms with Crippen molar-refractivity contribution in [3.05, 3.63) is 42.1 Å². The lowest BCUT2D eigenvalue weighted by atomic mass is 10.1. The molecule has 0 saturated carbocycles. The summed E-state index contributed by atoms with van der Waals surface area (Å²) in [6.07, 6.45) is 20.0. The molecule has 5 heteroatoms. The number of aromatic nitrogens is 1. The second kappa shape index (κ2) is 16.1. The van der Waals surface area contributed by atoms with Crippen LogP contribution in [0.15, 0.2) is 36.5 Å². The molecule has 0 spiro atoms. The van der Waals surface area contributed by atoms with Gasteiger partial charge in [-0.1, -0.05) is 57.9 Å². The predicted molar refractivity (Wildman–Crippen MR) is 137 cm³/mol. The van der Waals surface area contributed by atoms with Crippen molar-refractivity contribution < 1.29 is 14.7 Å². The van der Waals surface area contributed by atoms with E-state index < -0.39 is 0 Å². The Morgan fingerprint density at radius 2 is 1.70 bits per heavy atom. The molecule has 0 aliphatic carbocycles. The van der Waals surface area contributed by atoms with Crippen molar-refractivity contribution in [1.29, 1.82) is 0 Å². The number of carbonyl (C=O) groups is 2. The lowest BCUT2D eigenvalue weighted by Crippen LogP contribution is -2.25. The van der Waals surface area contributed by atoms with Gasteiger partial charge in [-0.25, -0.2) is 0 Å². The van der Waals surface area contributed by atoms with Crippen molar-refractivity contribution in [3.8, 4) is 5.75 Å². The Labute approximate surface area is 199 Å². The molecule has 182 valence electrons. The van der Waals surface area contributed by atoms with Gasteiger partial charge in [0.05, 0.1) is 0 Å². The van der Waals surface area contributed by atoms with Crippen LogP contribution in [0.2, 0.25) is 0 Å². The largest absolute Gasteiger partial charge is 0.508 e. The number of amides is 1. The topological polar surface area (TPSA) is 82.2 Å². The maximum atomic E-state index is 12.1. The zero-order valence-electron chi connectivity index (χ0n) is 20.3. The van der Waals surface area contributed by atoms with Gasteiger partial charge in [0.25, 0.3) is 0 Å². The number of aromatic hydroxyl groups is 1. The number of fused-ring (bicyclic) bond motifs is 1. The molecule has 2 aromatic rings. The standard InChI is InChI=1S/C28H42N2O3/c1-2-3-4-5-6-7-8-11-14-24(31)15-12-9-10-13-16-28(33)29-20-19-23-22-30-27-18-17-25(32)21-26(23)27/h11,14,17-18,21-22,30,32H,2-10,12-13,15-16,19-20H2,1H3,(H,29,33)/b14-11+. The summed E-state index contributed by atoms with van der Waals surface area (Å²) in [5.74, 6) is 0.550. The van der Waals surface area contributed by atoms with Crippen molar-refractivity contribution in [2.24, 2.45) is 0 Å². The summed E-state index contributed by atoms with van der Waals surface area (Å²) < 4.78 is 0. The lowest BCUT2D eigenvalue weighted by molar-refractivity contribution is -0.121. The van der Waals surface area contributed by atoms with Crippen molar-refractivity contribution in [2.45, 2.75) is 96.8 Å². The number of H-pyrrole nitrogens is 1. The first-order valence-corrected chi connectivity index (χ1v) is 12.8. The summed E-state index contributed by atoms with van der Waals surface area (Å²) in [4.78, 5) is 27.1. The first-order chi connectivity index (χ1) is 16.1. The summed E-state index contributed by atoms with van der Waals surface area (Å²) in [5, 5.41) is 13.6. The molecule has 5 nitrogen and oxygen atoms in total. The maximum absolute atomic E-state index is 12.1. The van der Waals surface area contributed by atoms with Gasteiger partial charge in [0, 0.05) is 36.5 Å². The van der Waals surface area contributed by atoms with Gasteiger partial charge in [-0.2, -0.15) is 0 Å². The number of allylic oxidation sites excluding steroid dienone is 2. The van der Waals surface area contributed by atoms with Gasteiger partial charge in [0.15, 0.2) is 5.78 Å². The zero-order chi connectivity index (χ0) is 23.7. The Morgan fingerprint density at radius 3 is 2.52 bits per heavy atom. The van der Waals surface area contributed by atoms with Crippen LogP contribution in [-0.2, 0) is 16.0 Å². The Balaban J connectivity index is 1.44. The minimum Gasteiger partial charge on any atom is -0.508 e. The fourth-order valence-corrected chi connectivity index (χ4v) is 4.08. The maximum Gasteiger partial charge on any atom is 0.220 e. The molecule has 1 heterocycles. The van der Waals surface area contributed by atoms with E-state index in [1.54, 1.807) is 18.2 Å². The van der Waals surface area contributed by atoms with E-state index in [2.05, 4.69) is 17.2 Å². The Bertz CT molecular complexity index is 869. The highest BCUT2D eigenvalue weighted by Gasteiger charge is 2.06. The van der Waals surface area contributed by atoms with Crippen molar-refractivity contribution in [3.63, 3.8) is 0 Å². The number of unbranched alkanes of at least 4 members (excludes halogenated alkanes) is 9. The minimum absolute atomic E-state index is 0.0754. The highest BCUT2D eigenvalue weighted by atomic mass is 16.3. The highest BCUT2D eigenvalue weighted by molar-refractivity contribution is 5.89. The predicted octanol–water partition coefficient (Wildman–Crippen LogP) is 6.75. The number of phenolic OH excluding ortho intramolecular Hbond substituents is 1. The third kappa shape index (κ3) is 11.2. The van der Waals surface area contributed by atoms with Crippen molar-refractivity contribution in [1.82, 2.24) is 10.3 Å². The minimum atomic E-state index is 0.0754. The van der Waals surface area contributed by atoms with Gasteiger partial charge >= 0.3 is 0 Å². The molecule has 0 bridgehead atoms. The molecule has 0 aliphatic rings. The molecular formula is C28H42N2O3. The van der Waals surface area contributed by atoms with E-state index in [0.717, 1.165) is 55.0 Å². The third-order valence-corrected chi connectivity index (χ3v) is 6.07. The van der Waals surface area contributed by atoms with E-state index in [9.17, 15) is 14.7 Å². The summed E-state index contributed by atoms with van der Waals surface area (Å²) in [6, 6.07) is 5.26. The van der Waals surface area contributed by atoms with E-state index in [1.165, 1.54) is 38.5 Å². The van der Waals surface area contributed by atoms with Gasteiger partial charge in [0.1, 0.15) is 5.75 Å². The number of nitrogens with one attached hydrogen (secondary N) is 2. The van der Waals surface area contributed by atoms with E-state index in [1.807, 2.05) is 18.3 Å². The molecule has 1 aromatic carbocycles. The number of hydrogen-bond acceptors (Lipinski definition) is 3. The van der Waals surface area contributed by atoms with Crippen LogP contribution in [0.5, 0.6) is 5.75 Å². The van der Waals surface area contributed by atoms with Crippen LogP contribution < -0.4 is 5.32 Å². The monoisotopic (exact) mass is 454 g/mol. The number of benzene rings is 1. The van der Waals surface area contributed by atoms with Crippen LogP contribution >= 0.6 is 0 Å². The van der Waals surface area contributed by atoms with Crippen LogP contribution in [0.25, 0.3) is 10.9 Å². The van der Waals surface area contributed by atoms with Crippen LogP contribution in [-0.4, -0.2) is 28.3 Å². The lowest BCUT2D eigenvalue weighted by Gasteiger charge is -2.05. The van der Waals surface area contributed by atoms with Crippen LogP contribution in [0.1, 0.15) is 96.0 Å². The molecule has 2 rings (SSSR count). The average molecular weight is 455 g/mol. The fraction of sp³-hybridized carbons (Fsp3) is 0.571. The Kier molecular flexibility index (Phi) is 13.0. The number of hydrogen-bond donors (Lipinski definition) is 3. The summed E-state index contributed by atoms with van der Waals surface area (Å²) in [6.45, 7) is 2.81. The Hall–Kier alpha value is -2.56. The molecule has 1 amide bonds. The molecule has 0 aliphatic heterocycles. The molecule has 0 radical (unpaired) electrons. The van der Waals surface area contributed by atoms with Gasteiger partial charge in [0.2, 0.25) is 5.91 Å². The van der Waals surface area contributed by atoms with Gasteiger partial charge in [-0.05, 0) is 61.9 Å². The number of ketones is 1. The first kappa shape index (κ1) is 26.7. The number of rotatable bonds is 18. The molecule has 0 fully saturated rings. The molecule has 0 unspecified atom stereocenters. The van der Waals surface area contributed by atoms with E-state index in [0.29, 0.717) is 19.4 Å². The number of carbonyl (C=O) groups excluding carboxylic acids is 2. The average Bonchev–Trinajstić information content (AvgIpc) is 3.20. The zero-order valence-corrected chi connectivity index (χ0v) is 20.3. The highest BCUT2D eigenvalue weighted by Crippen LogP contribution is 2.23. The quantitative estimate of drug-likeness (QED) is 0.172. The van der Waals surface area contributed by atoms with Gasteiger partial charge in [-0.3, -0.25) is 9.59 Å². The second-order valence-corrected chi connectivity index (χ2v) is 8.98. The fourth-order valence-electron chi connectivity index (χ4n) is 4.08. The number of aromatic amines is 1. The van der Waals surface area contributed by atoms with E-state index in [4.69, 9.17) is 0 Å². The second-order valence-electron chi connectivity index (χ2n) is 8.98. The third-order valence-electron chi connectivity index (χ3n) is 6.07. The first-order valence-electron chi connectivity index (χ1n) is 12.8. The van der Waals surface area contributed by atoms with E-state index >= 15 is 0 Å². The molecular weight excluding hydrogens is 412 g/mol. The normalized spacial score (nSPS) is 11.4. The van der Waals surface area contributed by atoms with Crippen LogP contribution in [0.3, 0.4) is 0 Å². The molecule has 0 atom stereocenters. The molecule has 1 aromatic heterocycles. The Morgan fingerprint density at radius 1 is 0.970 bits per heavy atom. The van der Waals surface area contributed by atoms with Crippen molar-refractivity contribution in [2.75, 3.05) is 6.54 Å². The molecule has 3 N–H and O–H groups in total. The van der Waals surface area contributed by atoms with E-state index in [-0.39, 0.29) is 17.4 Å². The summed E-state index contributed by atoms with van der Waals surface area (Å²) in [7, 11) is 0. The molecule has 33 heavy (non-hydrogen) atoms. The van der Waals surface area contributed by atoms with Gasteiger partial charge in [-0.15, -0.1) is 0 Å². The number of phenols is 1. The smallest absolute Gasteiger partial charge is 0.220 e. The van der Waals surface area contributed by atoms with Crippen LogP contribution in [0, 0.1) is 0 Å². The van der Waals surface area contributed by atoms with Crippen molar-refractivity contribution >= 4 is 22.6 Å². The SMILES string of the molecule is CCCCCCCC/C=C/C(=O)CCCCCCC(=O)NCCc1c[nH]c2ccc(O)cc12. The summed E-state index contributed by atoms with van der Waals surface area (Å²) in [5.41, 5.74) is 2.08. The van der Waals surface area contributed by atoms with Crippen LogP contribution in [0.4, 0.5) is 0 Å². The summed E-state index contributed by atoms with van der Waals surface area (Å²) >= 11 is 0. The molecule has 0 saturated heterocycles.